The molecule has 0 aromatic carbocycles. The van der Waals surface area contributed by atoms with E-state index in [0.717, 1.165) is 5.92 Å². The van der Waals surface area contributed by atoms with Gasteiger partial charge >= 0.3 is 0 Å². The maximum Gasteiger partial charge on any atom is 0.119 e. The zero-order chi connectivity index (χ0) is 7.82. The summed E-state index contributed by atoms with van der Waals surface area (Å²) in [5.41, 5.74) is 0. The van der Waals surface area contributed by atoms with Gasteiger partial charge in [-0.2, -0.15) is 0 Å². The second-order valence-electron chi connectivity index (χ2n) is 2.53. The highest BCUT2D eigenvalue weighted by Gasteiger charge is 1.68. The summed E-state index contributed by atoms with van der Waals surface area (Å²) in [6, 6.07) is 0. The van der Waals surface area contributed by atoms with Crippen molar-refractivity contribution in [2.24, 2.45) is 5.92 Å². The summed E-state index contributed by atoms with van der Waals surface area (Å²) in [6.45, 7) is 6.50. The molecule has 3 heteroatoms. The van der Waals surface area contributed by atoms with Crippen LogP contribution < -0.4 is 0 Å². The van der Waals surface area contributed by atoms with Gasteiger partial charge in [-0.25, -0.2) is 15.0 Å². The van der Waals surface area contributed by atoms with Gasteiger partial charge in [-0.05, 0) is 5.92 Å². The SMILES string of the molecule is CC(C)C.c1ncncn1. The third kappa shape index (κ3) is 10.1. The Bertz CT molecular complexity index is 109. The molecule has 0 aliphatic carbocycles. The van der Waals surface area contributed by atoms with E-state index in [-0.39, 0.29) is 0 Å². The van der Waals surface area contributed by atoms with E-state index in [0.29, 0.717) is 0 Å². The molecule has 1 aromatic rings. The molecule has 0 saturated heterocycles. The first-order chi connectivity index (χ1) is 4.73. The van der Waals surface area contributed by atoms with Gasteiger partial charge in [0.15, 0.2) is 0 Å². The van der Waals surface area contributed by atoms with Gasteiger partial charge in [0.2, 0.25) is 0 Å². The molecule has 0 saturated carbocycles. The Kier molecular flexibility index (Phi) is 5.53. The van der Waals surface area contributed by atoms with Crippen molar-refractivity contribution in [1.29, 1.82) is 0 Å². The number of hydrogen-bond acceptors (Lipinski definition) is 3. The van der Waals surface area contributed by atoms with Gasteiger partial charge in [0, 0.05) is 0 Å². The Labute approximate surface area is 61.6 Å². The second kappa shape index (κ2) is 6.13. The number of hydrogen-bond donors (Lipinski definition) is 0. The molecule has 0 unspecified atom stereocenters. The molecule has 0 radical (unpaired) electrons. The van der Waals surface area contributed by atoms with Crippen LogP contribution in [0.2, 0.25) is 0 Å². The normalized spacial score (nSPS) is 8.40. The maximum atomic E-state index is 3.56. The molecule has 3 nitrogen and oxygen atoms in total. The van der Waals surface area contributed by atoms with Crippen molar-refractivity contribution in [3.8, 4) is 0 Å². The van der Waals surface area contributed by atoms with Crippen LogP contribution >= 0.6 is 0 Å². The first-order valence-electron chi connectivity index (χ1n) is 3.28. The number of rotatable bonds is 0. The van der Waals surface area contributed by atoms with E-state index in [2.05, 4.69) is 35.7 Å². The fourth-order valence-electron chi connectivity index (χ4n) is 0.205. The van der Waals surface area contributed by atoms with E-state index in [1.54, 1.807) is 0 Å². The molecule has 0 amide bonds. The van der Waals surface area contributed by atoms with Gasteiger partial charge < -0.3 is 0 Å². The van der Waals surface area contributed by atoms with Crippen LogP contribution in [0.1, 0.15) is 20.8 Å². The zero-order valence-corrected chi connectivity index (χ0v) is 6.65. The topological polar surface area (TPSA) is 38.7 Å². The van der Waals surface area contributed by atoms with Crippen molar-refractivity contribution in [2.75, 3.05) is 0 Å². The molecule has 1 heterocycles. The lowest BCUT2D eigenvalue weighted by Gasteiger charge is -1.79. The third-order valence-corrected chi connectivity index (χ3v) is 0.400. The molecule has 0 atom stereocenters. The molecule has 0 spiro atoms. The fourth-order valence-corrected chi connectivity index (χ4v) is 0.205. The van der Waals surface area contributed by atoms with Crippen LogP contribution in [0.15, 0.2) is 19.0 Å². The average molecular weight is 139 g/mol. The molecule has 0 N–H and O–H groups in total. The molecular formula is C7H13N3. The van der Waals surface area contributed by atoms with Gasteiger partial charge in [0.05, 0.1) is 0 Å². The van der Waals surface area contributed by atoms with E-state index in [1.807, 2.05) is 0 Å². The number of aromatic nitrogens is 3. The molecule has 0 fully saturated rings. The lowest BCUT2D eigenvalue weighted by molar-refractivity contribution is 0.737. The summed E-state index contributed by atoms with van der Waals surface area (Å²) in [5, 5.41) is 0. The molecular weight excluding hydrogens is 126 g/mol. The van der Waals surface area contributed by atoms with Crippen molar-refractivity contribution in [1.82, 2.24) is 15.0 Å². The van der Waals surface area contributed by atoms with Crippen LogP contribution in [0.25, 0.3) is 0 Å². The first-order valence-corrected chi connectivity index (χ1v) is 3.28. The van der Waals surface area contributed by atoms with Crippen LogP contribution in [-0.2, 0) is 0 Å². The highest BCUT2D eigenvalue weighted by atomic mass is 14.9. The van der Waals surface area contributed by atoms with Gasteiger partial charge in [-0.1, -0.05) is 20.8 Å². The highest BCUT2D eigenvalue weighted by Crippen LogP contribution is 1.81. The van der Waals surface area contributed by atoms with Crippen LogP contribution in [0.3, 0.4) is 0 Å². The smallest absolute Gasteiger partial charge is 0.119 e. The molecule has 1 aromatic heterocycles. The van der Waals surface area contributed by atoms with Crippen molar-refractivity contribution >= 4 is 0 Å². The van der Waals surface area contributed by atoms with Crippen molar-refractivity contribution in [3.63, 3.8) is 0 Å². The Morgan fingerprint density at radius 2 is 1.00 bits per heavy atom. The molecule has 1 rings (SSSR count). The van der Waals surface area contributed by atoms with Crippen LogP contribution in [-0.4, -0.2) is 15.0 Å². The minimum absolute atomic E-state index is 0.833. The summed E-state index contributed by atoms with van der Waals surface area (Å²) in [7, 11) is 0. The molecule has 0 aliphatic heterocycles. The Morgan fingerprint density at radius 1 is 0.800 bits per heavy atom. The van der Waals surface area contributed by atoms with Crippen molar-refractivity contribution in [2.45, 2.75) is 20.8 Å². The average Bonchev–Trinajstić information content (AvgIpc) is 1.90. The molecule has 56 valence electrons. The van der Waals surface area contributed by atoms with Gasteiger partial charge in [-0.15, -0.1) is 0 Å². The lowest BCUT2D eigenvalue weighted by Crippen LogP contribution is -1.73. The standard InChI is InChI=1S/C4H10.C3H3N3/c1-4(2)3;1-4-2-6-3-5-1/h4H,1-3H3;1-3H. The predicted molar refractivity (Wildman–Crippen MR) is 40.3 cm³/mol. The van der Waals surface area contributed by atoms with Gasteiger partial charge in [0.25, 0.3) is 0 Å². The van der Waals surface area contributed by atoms with E-state index < -0.39 is 0 Å². The monoisotopic (exact) mass is 139 g/mol. The summed E-state index contributed by atoms with van der Waals surface area (Å²) < 4.78 is 0. The summed E-state index contributed by atoms with van der Waals surface area (Å²) in [4.78, 5) is 10.7. The minimum atomic E-state index is 0.833. The quantitative estimate of drug-likeness (QED) is 0.547. The predicted octanol–water partition coefficient (Wildman–Crippen LogP) is 1.53. The number of nitrogens with zero attached hydrogens (tertiary/aromatic N) is 3. The zero-order valence-electron chi connectivity index (χ0n) is 6.65. The first kappa shape index (κ1) is 9.01. The van der Waals surface area contributed by atoms with Crippen LogP contribution in [0, 0.1) is 5.92 Å². The fraction of sp³-hybridized carbons (Fsp3) is 0.571. The van der Waals surface area contributed by atoms with E-state index >= 15 is 0 Å². The second-order valence-corrected chi connectivity index (χ2v) is 2.53. The maximum absolute atomic E-state index is 3.56. The molecule has 10 heavy (non-hydrogen) atoms. The van der Waals surface area contributed by atoms with E-state index in [4.69, 9.17) is 0 Å². The van der Waals surface area contributed by atoms with E-state index in [1.165, 1.54) is 19.0 Å². The highest BCUT2D eigenvalue weighted by molar-refractivity contribution is 4.51. The largest absolute Gasteiger partial charge is 0.225 e. The molecule has 0 bridgehead atoms. The Balaban J connectivity index is 0.000000180. The lowest BCUT2D eigenvalue weighted by atomic mass is 10.3. The van der Waals surface area contributed by atoms with Crippen LogP contribution in [0.4, 0.5) is 0 Å². The minimum Gasteiger partial charge on any atom is -0.225 e. The Morgan fingerprint density at radius 3 is 1.10 bits per heavy atom. The van der Waals surface area contributed by atoms with Gasteiger partial charge in [-0.3, -0.25) is 0 Å². The summed E-state index contributed by atoms with van der Waals surface area (Å²) in [5.74, 6) is 0.833. The summed E-state index contributed by atoms with van der Waals surface area (Å²) in [6.07, 6.45) is 4.31. The Hall–Kier alpha value is -0.990. The van der Waals surface area contributed by atoms with Crippen molar-refractivity contribution in [3.05, 3.63) is 19.0 Å². The van der Waals surface area contributed by atoms with Gasteiger partial charge in [0.1, 0.15) is 19.0 Å². The third-order valence-electron chi connectivity index (χ3n) is 0.400. The van der Waals surface area contributed by atoms with E-state index in [9.17, 15) is 0 Å². The molecule has 0 aliphatic rings. The summed E-state index contributed by atoms with van der Waals surface area (Å²) >= 11 is 0. The van der Waals surface area contributed by atoms with Crippen molar-refractivity contribution < 1.29 is 0 Å². The van der Waals surface area contributed by atoms with Crippen LogP contribution in [0.5, 0.6) is 0 Å².